The molecule has 3 nitrogen and oxygen atoms in total. The molecule has 1 heterocycles. The van der Waals surface area contributed by atoms with Crippen molar-refractivity contribution in [1.29, 1.82) is 0 Å². The summed E-state index contributed by atoms with van der Waals surface area (Å²) in [6.45, 7) is 0. The molecule has 2 rings (SSSR count). The van der Waals surface area contributed by atoms with Crippen molar-refractivity contribution in [2.24, 2.45) is 5.73 Å². The summed E-state index contributed by atoms with van der Waals surface area (Å²) >= 11 is 0. The zero-order valence-electron chi connectivity index (χ0n) is 7.33. The highest BCUT2D eigenvalue weighted by molar-refractivity contribution is 5.10. The van der Waals surface area contributed by atoms with Crippen LogP contribution in [0.4, 0.5) is 13.2 Å². The lowest BCUT2D eigenvalue weighted by Gasteiger charge is -2.17. The fraction of sp³-hybridized carbons (Fsp3) is 0.625. The van der Waals surface area contributed by atoms with Crippen LogP contribution in [0.2, 0.25) is 0 Å². The number of alkyl halides is 3. The molecule has 1 aliphatic carbocycles. The maximum Gasteiger partial charge on any atom is 0.409 e. The topological polar surface area (TPSA) is 43.8 Å². The van der Waals surface area contributed by atoms with Crippen LogP contribution in [0.1, 0.15) is 30.6 Å². The van der Waals surface area contributed by atoms with Gasteiger partial charge in [-0.2, -0.15) is 13.2 Å². The molecule has 78 valence electrons. The van der Waals surface area contributed by atoms with E-state index >= 15 is 0 Å². The van der Waals surface area contributed by atoms with E-state index in [1.807, 2.05) is 0 Å². The quantitative estimate of drug-likeness (QED) is 0.799. The predicted molar refractivity (Wildman–Crippen MR) is 43.5 cm³/mol. The highest BCUT2D eigenvalue weighted by atomic mass is 19.4. The van der Waals surface area contributed by atoms with Gasteiger partial charge in [-0.1, -0.05) is 0 Å². The minimum atomic E-state index is -4.40. The molecule has 2 N–H and O–H groups in total. The van der Waals surface area contributed by atoms with Gasteiger partial charge in [-0.15, -0.1) is 0 Å². The van der Waals surface area contributed by atoms with Gasteiger partial charge in [0.05, 0.1) is 18.2 Å². The minimum Gasteiger partial charge on any atom is -0.330 e. The number of hydrogen-bond acceptors (Lipinski definition) is 2. The van der Waals surface area contributed by atoms with Crippen molar-refractivity contribution in [3.63, 3.8) is 0 Å². The summed E-state index contributed by atoms with van der Waals surface area (Å²) < 4.78 is 38.5. The molecule has 0 amide bonds. The molecule has 1 saturated carbocycles. The first-order valence-electron chi connectivity index (χ1n) is 4.34. The summed E-state index contributed by atoms with van der Waals surface area (Å²) in [6.07, 6.45) is 0.0314. The van der Waals surface area contributed by atoms with Crippen molar-refractivity contribution in [2.45, 2.75) is 31.1 Å². The summed E-state index contributed by atoms with van der Waals surface area (Å²) in [5.41, 5.74) is 5.15. The standard InChI is InChI=1S/C8H10F3N3/c9-8(10,11)7(12)6-3-13-4-14(6)5-1-2-5/h3-5,7H,1-2,12H2. The Bertz CT molecular complexity index is 327. The largest absolute Gasteiger partial charge is 0.409 e. The molecule has 14 heavy (non-hydrogen) atoms. The molecule has 1 fully saturated rings. The third kappa shape index (κ3) is 1.61. The predicted octanol–water partition coefficient (Wildman–Crippen LogP) is 1.78. The Morgan fingerprint density at radius 1 is 1.50 bits per heavy atom. The molecular weight excluding hydrogens is 195 g/mol. The minimum absolute atomic E-state index is 0.0556. The summed E-state index contributed by atoms with van der Waals surface area (Å²) in [5.74, 6) is 0. The van der Waals surface area contributed by atoms with Crippen LogP contribution in [0.15, 0.2) is 12.5 Å². The lowest BCUT2D eigenvalue weighted by atomic mass is 10.2. The number of rotatable bonds is 2. The van der Waals surface area contributed by atoms with Crippen LogP contribution in [-0.2, 0) is 0 Å². The lowest BCUT2D eigenvalue weighted by Crippen LogP contribution is -2.30. The van der Waals surface area contributed by atoms with Gasteiger partial charge in [0, 0.05) is 6.04 Å². The van der Waals surface area contributed by atoms with Gasteiger partial charge in [0.1, 0.15) is 6.04 Å². The van der Waals surface area contributed by atoms with E-state index in [-0.39, 0.29) is 11.7 Å². The van der Waals surface area contributed by atoms with Gasteiger partial charge in [0.25, 0.3) is 0 Å². The van der Waals surface area contributed by atoms with Gasteiger partial charge >= 0.3 is 6.18 Å². The van der Waals surface area contributed by atoms with Crippen molar-refractivity contribution in [1.82, 2.24) is 9.55 Å². The first kappa shape index (κ1) is 9.51. The first-order chi connectivity index (χ1) is 6.50. The van der Waals surface area contributed by atoms with Crippen LogP contribution in [-0.4, -0.2) is 15.7 Å². The molecule has 0 spiro atoms. The van der Waals surface area contributed by atoms with Crippen LogP contribution in [0, 0.1) is 0 Å². The van der Waals surface area contributed by atoms with E-state index in [0.717, 1.165) is 12.8 Å². The summed E-state index contributed by atoms with van der Waals surface area (Å²) in [4.78, 5) is 3.70. The number of aromatic nitrogens is 2. The van der Waals surface area contributed by atoms with Crippen molar-refractivity contribution in [2.75, 3.05) is 0 Å². The van der Waals surface area contributed by atoms with E-state index in [9.17, 15) is 13.2 Å². The van der Waals surface area contributed by atoms with Gasteiger partial charge in [-0.3, -0.25) is 0 Å². The molecule has 1 aliphatic rings. The van der Waals surface area contributed by atoms with Gasteiger partial charge in [0.2, 0.25) is 0 Å². The Hall–Kier alpha value is -1.04. The summed E-state index contributed by atoms with van der Waals surface area (Å²) in [6, 6.07) is -1.76. The van der Waals surface area contributed by atoms with Gasteiger partial charge in [0.15, 0.2) is 0 Å². The van der Waals surface area contributed by atoms with E-state index in [4.69, 9.17) is 5.73 Å². The number of halogens is 3. The Labute approximate surface area is 78.7 Å². The number of nitrogens with zero attached hydrogens (tertiary/aromatic N) is 2. The maximum atomic E-state index is 12.3. The monoisotopic (exact) mass is 205 g/mol. The van der Waals surface area contributed by atoms with Crippen molar-refractivity contribution in [3.05, 3.63) is 18.2 Å². The normalized spacial score (nSPS) is 19.7. The molecule has 0 aliphatic heterocycles. The van der Waals surface area contributed by atoms with Gasteiger partial charge in [-0.05, 0) is 12.8 Å². The molecule has 0 bridgehead atoms. The third-order valence-electron chi connectivity index (χ3n) is 2.31. The van der Waals surface area contributed by atoms with Crippen molar-refractivity contribution >= 4 is 0 Å². The lowest BCUT2D eigenvalue weighted by molar-refractivity contribution is -0.150. The molecule has 6 heteroatoms. The molecule has 1 aromatic heterocycles. The average molecular weight is 205 g/mol. The second-order valence-electron chi connectivity index (χ2n) is 3.48. The highest BCUT2D eigenvalue weighted by Gasteiger charge is 2.41. The van der Waals surface area contributed by atoms with Crippen LogP contribution in [0.25, 0.3) is 0 Å². The first-order valence-corrected chi connectivity index (χ1v) is 4.34. The van der Waals surface area contributed by atoms with Crippen LogP contribution in [0.5, 0.6) is 0 Å². The average Bonchev–Trinajstić information content (AvgIpc) is 2.81. The number of imidazole rings is 1. The second kappa shape index (κ2) is 2.98. The molecule has 1 atom stereocenters. The number of hydrogen-bond donors (Lipinski definition) is 1. The van der Waals surface area contributed by atoms with Crippen molar-refractivity contribution in [3.8, 4) is 0 Å². The molecule has 1 aromatic rings. The van der Waals surface area contributed by atoms with E-state index < -0.39 is 12.2 Å². The summed E-state index contributed by atoms with van der Waals surface area (Å²) in [5, 5.41) is 0. The van der Waals surface area contributed by atoms with E-state index in [1.54, 1.807) is 0 Å². The SMILES string of the molecule is NC(c1cncn1C1CC1)C(F)(F)F. The Morgan fingerprint density at radius 2 is 2.14 bits per heavy atom. The number of nitrogens with two attached hydrogens (primary N) is 1. The van der Waals surface area contributed by atoms with Crippen LogP contribution >= 0.6 is 0 Å². The van der Waals surface area contributed by atoms with E-state index in [2.05, 4.69) is 4.98 Å². The Morgan fingerprint density at radius 3 is 2.64 bits per heavy atom. The second-order valence-corrected chi connectivity index (χ2v) is 3.48. The molecular formula is C8H10F3N3. The fourth-order valence-electron chi connectivity index (χ4n) is 1.38. The molecule has 1 unspecified atom stereocenters. The molecule has 0 radical (unpaired) electrons. The summed E-state index contributed by atoms with van der Waals surface area (Å²) in [7, 11) is 0. The highest BCUT2D eigenvalue weighted by Crippen LogP contribution is 2.39. The van der Waals surface area contributed by atoms with Crippen LogP contribution < -0.4 is 5.73 Å². The maximum absolute atomic E-state index is 12.3. The third-order valence-corrected chi connectivity index (χ3v) is 2.31. The fourth-order valence-corrected chi connectivity index (χ4v) is 1.38. The van der Waals surface area contributed by atoms with Gasteiger partial charge in [-0.25, -0.2) is 4.98 Å². The van der Waals surface area contributed by atoms with E-state index in [0.29, 0.717) is 0 Å². The van der Waals surface area contributed by atoms with E-state index in [1.165, 1.54) is 17.1 Å². The molecule has 0 saturated heterocycles. The van der Waals surface area contributed by atoms with Gasteiger partial charge < -0.3 is 10.3 Å². The molecule has 0 aromatic carbocycles. The zero-order chi connectivity index (χ0) is 10.3. The Balaban J connectivity index is 2.26. The zero-order valence-corrected chi connectivity index (χ0v) is 7.33. The smallest absolute Gasteiger partial charge is 0.330 e. The Kier molecular flexibility index (Phi) is 2.02. The van der Waals surface area contributed by atoms with Crippen LogP contribution in [0.3, 0.4) is 0 Å². The van der Waals surface area contributed by atoms with Crippen molar-refractivity contribution < 1.29 is 13.2 Å².